The number of nitrogens with one attached hydrogen (secondary N) is 1. The molecule has 1 aromatic carbocycles. The Balaban J connectivity index is 2.27. The summed E-state index contributed by atoms with van der Waals surface area (Å²) in [4.78, 5) is 17.8. The molecule has 0 spiro atoms. The van der Waals surface area contributed by atoms with E-state index in [0.717, 1.165) is 11.8 Å². The van der Waals surface area contributed by atoms with Crippen molar-refractivity contribution < 1.29 is 4.92 Å². The van der Waals surface area contributed by atoms with Crippen molar-refractivity contribution in [2.45, 2.75) is 13.0 Å². The normalized spacial score (nSPS) is 11.9. The van der Waals surface area contributed by atoms with Crippen molar-refractivity contribution in [2.24, 2.45) is 0 Å². The molecular formula is C12H10Cl2N4O2. The molecule has 0 amide bonds. The number of hydrogen-bond donors (Lipinski definition) is 1. The van der Waals surface area contributed by atoms with Crippen LogP contribution >= 0.6 is 23.2 Å². The number of nitrogens with zero attached hydrogens (tertiary/aromatic N) is 3. The molecule has 0 aliphatic rings. The summed E-state index contributed by atoms with van der Waals surface area (Å²) in [5, 5.41) is 14.4. The Morgan fingerprint density at radius 1 is 1.30 bits per heavy atom. The zero-order valence-electron chi connectivity index (χ0n) is 10.4. The van der Waals surface area contributed by atoms with Crippen LogP contribution < -0.4 is 5.32 Å². The van der Waals surface area contributed by atoms with Crippen molar-refractivity contribution >= 4 is 34.7 Å². The fraction of sp³-hybridized carbons (Fsp3) is 0.167. The summed E-state index contributed by atoms with van der Waals surface area (Å²) in [6, 6.07) is 6.95. The number of nitro groups is 1. The van der Waals surface area contributed by atoms with Gasteiger partial charge in [-0.15, -0.1) is 0 Å². The van der Waals surface area contributed by atoms with Crippen LogP contribution in [0.25, 0.3) is 0 Å². The van der Waals surface area contributed by atoms with Gasteiger partial charge >= 0.3 is 5.69 Å². The smallest absolute Gasteiger partial charge is 0.329 e. The molecule has 2 rings (SSSR count). The number of hydrogen-bond acceptors (Lipinski definition) is 5. The van der Waals surface area contributed by atoms with E-state index < -0.39 is 4.92 Å². The van der Waals surface area contributed by atoms with Gasteiger partial charge in [0.05, 0.1) is 11.0 Å². The van der Waals surface area contributed by atoms with E-state index in [9.17, 15) is 10.1 Å². The zero-order chi connectivity index (χ0) is 14.7. The monoisotopic (exact) mass is 312 g/mol. The fourth-order valence-corrected chi connectivity index (χ4v) is 1.89. The van der Waals surface area contributed by atoms with Crippen LogP contribution in [0.2, 0.25) is 10.3 Å². The summed E-state index contributed by atoms with van der Waals surface area (Å²) >= 11 is 11.5. The maximum absolute atomic E-state index is 10.9. The molecule has 0 bridgehead atoms. The van der Waals surface area contributed by atoms with Crippen molar-refractivity contribution in [3.05, 3.63) is 56.4 Å². The maximum atomic E-state index is 10.9. The highest BCUT2D eigenvalue weighted by Gasteiger charge is 2.19. The van der Waals surface area contributed by atoms with Crippen LogP contribution in [0.4, 0.5) is 11.5 Å². The van der Waals surface area contributed by atoms with E-state index in [4.69, 9.17) is 23.2 Å². The van der Waals surface area contributed by atoms with Crippen molar-refractivity contribution in [3.63, 3.8) is 0 Å². The van der Waals surface area contributed by atoms with E-state index in [0.29, 0.717) is 5.02 Å². The van der Waals surface area contributed by atoms with Gasteiger partial charge in [0.1, 0.15) is 6.20 Å². The topological polar surface area (TPSA) is 81.0 Å². The van der Waals surface area contributed by atoms with Crippen molar-refractivity contribution in [1.82, 2.24) is 9.97 Å². The van der Waals surface area contributed by atoms with Crippen molar-refractivity contribution in [3.8, 4) is 0 Å². The third kappa shape index (κ3) is 3.34. The first-order valence-corrected chi connectivity index (χ1v) is 6.42. The summed E-state index contributed by atoms with van der Waals surface area (Å²) < 4.78 is 0. The Hall–Kier alpha value is -1.92. The van der Waals surface area contributed by atoms with Crippen LogP contribution in [0.5, 0.6) is 0 Å². The van der Waals surface area contributed by atoms with Gasteiger partial charge in [-0.1, -0.05) is 23.7 Å². The van der Waals surface area contributed by atoms with E-state index in [1.807, 2.05) is 19.1 Å². The van der Waals surface area contributed by atoms with E-state index in [-0.39, 0.29) is 22.8 Å². The second-order valence-electron chi connectivity index (χ2n) is 4.05. The highest BCUT2D eigenvalue weighted by molar-refractivity contribution is 6.30. The first kappa shape index (κ1) is 14.5. The summed E-state index contributed by atoms with van der Waals surface area (Å²) in [5.74, 6) is 0.0810. The SMILES string of the molecule is CC(Nc1nc(Cl)ncc1[N+](=O)[O-])c1ccc(Cl)cc1. The molecule has 1 heterocycles. The molecule has 0 fully saturated rings. The van der Waals surface area contributed by atoms with E-state index in [1.165, 1.54) is 0 Å². The first-order valence-electron chi connectivity index (χ1n) is 5.66. The molecule has 1 aromatic heterocycles. The van der Waals surface area contributed by atoms with Crippen molar-refractivity contribution in [2.75, 3.05) is 5.32 Å². The predicted octanol–water partition coefficient (Wildman–Crippen LogP) is 3.86. The number of aromatic nitrogens is 2. The maximum Gasteiger partial charge on any atom is 0.329 e. The van der Waals surface area contributed by atoms with E-state index in [1.54, 1.807) is 12.1 Å². The van der Waals surface area contributed by atoms with Gasteiger partial charge in [-0.3, -0.25) is 10.1 Å². The number of rotatable bonds is 4. The highest BCUT2D eigenvalue weighted by atomic mass is 35.5. The third-order valence-electron chi connectivity index (χ3n) is 2.66. The zero-order valence-corrected chi connectivity index (χ0v) is 11.9. The quantitative estimate of drug-likeness (QED) is 0.526. The van der Waals surface area contributed by atoms with Gasteiger partial charge in [-0.05, 0) is 36.2 Å². The van der Waals surface area contributed by atoms with E-state index in [2.05, 4.69) is 15.3 Å². The molecule has 20 heavy (non-hydrogen) atoms. The molecule has 0 aliphatic carbocycles. The van der Waals surface area contributed by atoms with Gasteiger partial charge < -0.3 is 5.32 Å². The summed E-state index contributed by atoms with van der Waals surface area (Å²) in [5.41, 5.74) is 0.689. The van der Waals surface area contributed by atoms with Crippen LogP contribution in [0.1, 0.15) is 18.5 Å². The standard InChI is InChI=1S/C12H10Cl2N4O2/c1-7(8-2-4-9(13)5-3-8)16-11-10(18(19)20)6-15-12(14)17-11/h2-7H,1H3,(H,15,16,17). The molecule has 0 saturated carbocycles. The lowest BCUT2D eigenvalue weighted by Gasteiger charge is -2.14. The van der Waals surface area contributed by atoms with E-state index >= 15 is 0 Å². The fourth-order valence-electron chi connectivity index (χ4n) is 1.63. The van der Waals surface area contributed by atoms with Gasteiger partial charge in [0.2, 0.25) is 11.1 Å². The molecule has 1 atom stereocenters. The lowest BCUT2D eigenvalue weighted by atomic mass is 10.1. The third-order valence-corrected chi connectivity index (χ3v) is 3.09. The number of anilines is 1. The van der Waals surface area contributed by atoms with Crippen LogP contribution in [0.15, 0.2) is 30.5 Å². The molecule has 0 saturated heterocycles. The summed E-state index contributed by atoms with van der Waals surface area (Å²) in [6.07, 6.45) is 1.08. The minimum atomic E-state index is -0.562. The first-order chi connectivity index (χ1) is 9.47. The second kappa shape index (κ2) is 6.02. The summed E-state index contributed by atoms with van der Waals surface area (Å²) in [7, 11) is 0. The molecule has 1 unspecified atom stereocenters. The van der Waals surface area contributed by atoms with Gasteiger partial charge in [-0.25, -0.2) is 4.98 Å². The number of halogens is 2. The Morgan fingerprint density at radius 3 is 2.55 bits per heavy atom. The van der Waals surface area contributed by atoms with Crippen LogP contribution in [-0.4, -0.2) is 14.9 Å². The van der Waals surface area contributed by atoms with Gasteiger partial charge in [-0.2, -0.15) is 4.98 Å². The summed E-state index contributed by atoms with van der Waals surface area (Å²) in [6.45, 7) is 1.85. The van der Waals surface area contributed by atoms with Gasteiger partial charge in [0, 0.05) is 5.02 Å². The molecule has 2 aromatic rings. The molecule has 0 radical (unpaired) electrons. The molecule has 0 aliphatic heterocycles. The highest BCUT2D eigenvalue weighted by Crippen LogP contribution is 2.26. The van der Waals surface area contributed by atoms with Crippen LogP contribution in [-0.2, 0) is 0 Å². The Kier molecular flexibility index (Phi) is 4.36. The molecule has 6 nitrogen and oxygen atoms in total. The largest absolute Gasteiger partial charge is 0.358 e. The second-order valence-corrected chi connectivity index (χ2v) is 4.82. The van der Waals surface area contributed by atoms with Crippen LogP contribution in [0.3, 0.4) is 0 Å². The minimum absolute atomic E-state index is 0.0543. The molecular weight excluding hydrogens is 303 g/mol. The van der Waals surface area contributed by atoms with Gasteiger partial charge in [0.25, 0.3) is 0 Å². The lowest BCUT2D eigenvalue weighted by Crippen LogP contribution is -2.10. The Bertz CT molecular complexity index is 634. The molecule has 1 N–H and O–H groups in total. The predicted molar refractivity (Wildman–Crippen MR) is 77.2 cm³/mol. The average molecular weight is 313 g/mol. The number of benzene rings is 1. The minimum Gasteiger partial charge on any atom is -0.358 e. The molecule has 8 heteroatoms. The Morgan fingerprint density at radius 2 is 1.95 bits per heavy atom. The van der Waals surface area contributed by atoms with Crippen molar-refractivity contribution in [1.29, 1.82) is 0 Å². The average Bonchev–Trinajstić information content (AvgIpc) is 2.39. The molecule has 104 valence electrons. The lowest BCUT2D eigenvalue weighted by molar-refractivity contribution is -0.384. The van der Waals surface area contributed by atoms with Crippen LogP contribution in [0, 0.1) is 10.1 Å². The Labute approximate surface area is 124 Å². The van der Waals surface area contributed by atoms with Gasteiger partial charge in [0.15, 0.2) is 0 Å².